The molecule has 2 aliphatic heterocycles. The van der Waals surface area contributed by atoms with Crippen LogP contribution in [0.25, 0.3) is 0 Å². The van der Waals surface area contributed by atoms with Crippen LogP contribution in [0, 0.1) is 0 Å². The van der Waals surface area contributed by atoms with Gasteiger partial charge in [-0.2, -0.15) is 0 Å². The predicted molar refractivity (Wildman–Crippen MR) is 81.1 cm³/mol. The molecule has 2 saturated heterocycles. The molecule has 2 atom stereocenters. The van der Waals surface area contributed by atoms with Crippen molar-refractivity contribution in [1.82, 2.24) is 9.88 Å². The van der Waals surface area contributed by atoms with Crippen molar-refractivity contribution in [2.24, 2.45) is 0 Å². The quantitative estimate of drug-likeness (QED) is 0.858. The average Bonchev–Trinajstić information content (AvgIpc) is 3.17. The molecule has 1 aromatic heterocycles. The van der Waals surface area contributed by atoms with Gasteiger partial charge in [-0.15, -0.1) is 0 Å². The largest absolute Gasteiger partial charge is 0.357 e. The molecule has 1 spiro atoms. The van der Waals surface area contributed by atoms with E-state index in [4.69, 9.17) is 14.2 Å². The number of ether oxygens (including phenoxy) is 3. The second kappa shape index (κ2) is 6.24. The van der Waals surface area contributed by atoms with Crippen LogP contribution in [0.3, 0.4) is 0 Å². The first-order valence-corrected chi connectivity index (χ1v) is 8.42. The first-order chi connectivity index (χ1) is 10.8. The lowest BCUT2D eigenvalue weighted by atomic mass is 9.94. The average molecular weight is 304 g/mol. The highest BCUT2D eigenvalue weighted by atomic mass is 16.7. The molecule has 22 heavy (non-hydrogen) atoms. The minimum absolute atomic E-state index is 0.000191. The van der Waals surface area contributed by atoms with E-state index in [0.29, 0.717) is 6.61 Å². The topological polar surface area (TPSA) is 43.8 Å². The van der Waals surface area contributed by atoms with Crippen LogP contribution in [-0.2, 0) is 14.2 Å². The Balaban J connectivity index is 1.39. The van der Waals surface area contributed by atoms with E-state index >= 15 is 0 Å². The normalized spacial score (nSPS) is 31.8. The maximum absolute atomic E-state index is 6.30. The van der Waals surface area contributed by atoms with Crippen LogP contribution in [0.1, 0.15) is 43.9 Å². The molecular formula is C17H24N2O3. The molecule has 0 N–H and O–H groups in total. The van der Waals surface area contributed by atoms with Crippen molar-refractivity contribution in [3.8, 4) is 0 Å². The molecule has 1 aromatic rings. The Morgan fingerprint density at radius 1 is 1.27 bits per heavy atom. The van der Waals surface area contributed by atoms with E-state index in [0.717, 1.165) is 38.1 Å². The molecule has 0 bridgehead atoms. The van der Waals surface area contributed by atoms with Gasteiger partial charge in [-0.3, -0.25) is 9.88 Å². The van der Waals surface area contributed by atoms with E-state index in [-0.39, 0.29) is 18.1 Å². The molecule has 1 aliphatic carbocycles. The van der Waals surface area contributed by atoms with E-state index in [1.807, 2.05) is 12.3 Å². The number of hydrogen-bond acceptors (Lipinski definition) is 5. The molecule has 0 radical (unpaired) electrons. The van der Waals surface area contributed by atoms with Crippen molar-refractivity contribution >= 4 is 0 Å². The summed E-state index contributed by atoms with van der Waals surface area (Å²) in [6.07, 6.45) is 9.68. The summed E-state index contributed by atoms with van der Waals surface area (Å²) in [5.74, 6) is -0.284. The first kappa shape index (κ1) is 14.6. The fourth-order valence-corrected chi connectivity index (χ4v) is 3.84. The van der Waals surface area contributed by atoms with Gasteiger partial charge in [-0.05, 0) is 18.9 Å². The van der Waals surface area contributed by atoms with Crippen LogP contribution >= 0.6 is 0 Å². The molecule has 1 saturated carbocycles. The van der Waals surface area contributed by atoms with Crippen LogP contribution in [0.4, 0.5) is 0 Å². The molecule has 5 nitrogen and oxygen atoms in total. The Hall–Kier alpha value is -1.01. The van der Waals surface area contributed by atoms with Crippen molar-refractivity contribution in [3.05, 3.63) is 30.1 Å². The summed E-state index contributed by atoms with van der Waals surface area (Å²) in [7, 11) is 0. The minimum atomic E-state index is -0.284. The number of hydrogen-bond donors (Lipinski definition) is 0. The summed E-state index contributed by atoms with van der Waals surface area (Å²) in [4.78, 5) is 6.54. The van der Waals surface area contributed by atoms with Crippen LogP contribution in [0.5, 0.6) is 0 Å². The Morgan fingerprint density at radius 3 is 3.00 bits per heavy atom. The number of pyridine rings is 1. The maximum atomic E-state index is 6.30. The van der Waals surface area contributed by atoms with Crippen molar-refractivity contribution in [1.29, 1.82) is 0 Å². The SMILES string of the molecule is c1cncc(C2OCCN2CC2COC3(CCCCC3)O2)c1. The molecule has 0 aromatic carbocycles. The summed E-state index contributed by atoms with van der Waals surface area (Å²) in [5.41, 5.74) is 1.12. The molecule has 3 fully saturated rings. The Morgan fingerprint density at radius 2 is 2.18 bits per heavy atom. The van der Waals surface area contributed by atoms with Crippen molar-refractivity contribution in [2.75, 3.05) is 26.3 Å². The van der Waals surface area contributed by atoms with Crippen molar-refractivity contribution in [3.63, 3.8) is 0 Å². The lowest BCUT2D eigenvalue weighted by molar-refractivity contribution is -0.189. The summed E-state index contributed by atoms with van der Waals surface area (Å²) >= 11 is 0. The summed E-state index contributed by atoms with van der Waals surface area (Å²) < 4.78 is 18.2. The molecule has 0 amide bonds. The molecule has 5 heteroatoms. The van der Waals surface area contributed by atoms with Crippen molar-refractivity contribution in [2.45, 2.75) is 50.2 Å². The standard InChI is InChI=1S/C17H24N2O3/c1-2-6-17(7-3-1)21-13-15(22-17)12-19-9-10-20-16(19)14-5-4-8-18-11-14/h4-5,8,11,15-16H,1-3,6-7,9-10,12-13H2. The van der Waals surface area contributed by atoms with Gasteiger partial charge in [-0.25, -0.2) is 0 Å². The van der Waals surface area contributed by atoms with Crippen molar-refractivity contribution < 1.29 is 14.2 Å². The van der Waals surface area contributed by atoms with Gasteiger partial charge in [0.05, 0.1) is 19.3 Å². The molecule has 3 heterocycles. The zero-order valence-electron chi connectivity index (χ0n) is 12.9. The van der Waals surface area contributed by atoms with Gasteiger partial charge >= 0.3 is 0 Å². The smallest absolute Gasteiger partial charge is 0.168 e. The lowest BCUT2D eigenvalue weighted by Crippen LogP contribution is -2.37. The summed E-state index contributed by atoms with van der Waals surface area (Å²) in [6.45, 7) is 3.27. The van der Waals surface area contributed by atoms with Gasteiger partial charge in [0.2, 0.25) is 0 Å². The van der Waals surface area contributed by atoms with Gasteiger partial charge in [-0.1, -0.05) is 12.5 Å². The van der Waals surface area contributed by atoms with Crippen LogP contribution in [0.2, 0.25) is 0 Å². The second-order valence-corrected chi connectivity index (χ2v) is 6.53. The van der Waals surface area contributed by atoms with E-state index < -0.39 is 0 Å². The van der Waals surface area contributed by atoms with Gasteiger partial charge in [0, 0.05) is 43.9 Å². The fourth-order valence-electron chi connectivity index (χ4n) is 3.84. The van der Waals surface area contributed by atoms with Gasteiger partial charge in [0.15, 0.2) is 5.79 Å². The maximum Gasteiger partial charge on any atom is 0.168 e. The van der Waals surface area contributed by atoms with Gasteiger partial charge in [0.1, 0.15) is 6.23 Å². The zero-order chi connectivity index (χ0) is 14.8. The highest BCUT2D eigenvalue weighted by molar-refractivity contribution is 5.12. The highest BCUT2D eigenvalue weighted by Crippen LogP contribution is 2.38. The third-order valence-electron chi connectivity index (χ3n) is 4.92. The molecule has 4 rings (SSSR count). The van der Waals surface area contributed by atoms with Gasteiger partial charge in [0.25, 0.3) is 0 Å². The Labute approximate surface area is 131 Å². The zero-order valence-corrected chi connectivity index (χ0v) is 12.9. The van der Waals surface area contributed by atoms with E-state index in [9.17, 15) is 0 Å². The third-order valence-corrected chi connectivity index (χ3v) is 4.92. The highest BCUT2D eigenvalue weighted by Gasteiger charge is 2.43. The first-order valence-electron chi connectivity index (χ1n) is 8.42. The number of aromatic nitrogens is 1. The van der Waals surface area contributed by atoms with E-state index in [1.165, 1.54) is 19.3 Å². The Kier molecular flexibility index (Phi) is 4.13. The predicted octanol–water partition coefficient (Wildman–Crippen LogP) is 2.49. The molecule has 120 valence electrons. The third kappa shape index (κ3) is 2.91. The Bertz CT molecular complexity index is 490. The van der Waals surface area contributed by atoms with E-state index in [1.54, 1.807) is 6.20 Å². The fraction of sp³-hybridized carbons (Fsp3) is 0.706. The molecular weight excluding hydrogens is 280 g/mol. The van der Waals surface area contributed by atoms with Crippen LogP contribution in [-0.4, -0.2) is 48.1 Å². The molecule has 2 unspecified atom stereocenters. The lowest BCUT2D eigenvalue weighted by Gasteiger charge is -2.32. The van der Waals surface area contributed by atoms with Crippen LogP contribution < -0.4 is 0 Å². The minimum Gasteiger partial charge on any atom is -0.357 e. The number of nitrogens with zero attached hydrogens (tertiary/aromatic N) is 2. The van der Waals surface area contributed by atoms with E-state index in [2.05, 4.69) is 16.0 Å². The monoisotopic (exact) mass is 304 g/mol. The van der Waals surface area contributed by atoms with Crippen LogP contribution in [0.15, 0.2) is 24.5 Å². The second-order valence-electron chi connectivity index (χ2n) is 6.53. The summed E-state index contributed by atoms with van der Waals surface area (Å²) in [6, 6.07) is 4.03. The summed E-state index contributed by atoms with van der Waals surface area (Å²) in [5, 5.41) is 0. The number of rotatable bonds is 3. The van der Waals surface area contributed by atoms with Gasteiger partial charge < -0.3 is 14.2 Å². The molecule has 3 aliphatic rings.